The van der Waals surface area contributed by atoms with Gasteiger partial charge in [0.05, 0.1) is 13.7 Å². The predicted octanol–water partition coefficient (Wildman–Crippen LogP) is 3.35. The van der Waals surface area contributed by atoms with Crippen LogP contribution in [0.2, 0.25) is 18.1 Å². The number of benzene rings is 1. The number of aryl methyl sites for hydroxylation is 2. The van der Waals surface area contributed by atoms with Gasteiger partial charge >= 0.3 is 11.7 Å². The van der Waals surface area contributed by atoms with Crippen LogP contribution in [0.3, 0.4) is 0 Å². The average molecular weight is 372 g/mol. The van der Waals surface area contributed by atoms with E-state index in [0.29, 0.717) is 12.6 Å². The number of methoxy groups -OCH3 is 1. The third-order valence-electron chi connectivity index (χ3n) is 5.34. The maximum absolute atomic E-state index is 12.3. The first-order valence-electron chi connectivity index (χ1n) is 9.20. The zero-order chi connectivity index (χ0) is 19.3. The van der Waals surface area contributed by atoms with Crippen LogP contribution in [0.4, 0.5) is 0 Å². The number of ether oxygens (including phenoxy) is 1. The summed E-state index contributed by atoms with van der Waals surface area (Å²) in [5.74, 6) is 3.41. The fourth-order valence-electron chi connectivity index (χ4n) is 3.08. The van der Waals surface area contributed by atoms with Gasteiger partial charge in [0.25, 0.3) is 0 Å². The molecule has 1 aromatic heterocycles. The molecule has 2 rings (SSSR count). The standard InChI is InChI=1S/C20H29N3O2Si/c1-7-26(8-2,9-3)13-12-17-11-10-16(4)18(14-17)15-23-19(25-6)21-22(5)20(23)24/h10-11,14H,7-9,15H2,1-6H3. The van der Waals surface area contributed by atoms with Crippen molar-refractivity contribution in [1.29, 1.82) is 0 Å². The molecular weight excluding hydrogens is 342 g/mol. The van der Waals surface area contributed by atoms with E-state index in [-0.39, 0.29) is 5.69 Å². The van der Waals surface area contributed by atoms with Crippen molar-refractivity contribution in [3.05, 3.63) is 45.4 Å². The Kier molecular flexibility index (Phi) is 6.49. The van der Waals surface area contributed by atoms with Gasteiger partial charge in [-0.1, -0.05) is 32.8 Å². The van der Waals surface area contributed by atoms with Crippen molar-refractivity contribution in [2.75, 3.05) is 7.11 Å². The number of nitrogens with zero attached hydrogens (tertiary/aromatic N) is 3. The lowest BCUT2D eigenvalue weighted by Crippen LogP contribution is -2.29. The number of hydrogen-bond donors (Lipinski definition) is 0. The predicted molar refractivity (Wildman–Crippen MR) is 108 cm³/mol. The minimum absolute atomic E-state index is 0.188. The Morgan fingerprint density at radius 3 is 2.42 bits per heavy atom. The Bertz CT molecular complexity index is 874. The molecule has 26 heavy (non-hydrogen) atoms. The molecule has 0 unspecified atom stereocenters. The SMILES string of the molecule is CC[Si](C#Cc1ccc(C)c(Cn2c(OC)nn(C)c2=O)c1)(CC)CC. The van der Waals surface area contributed by atoms with E-state index in [1.54, 1.807) is 11.6 Å². The second-order valence-corrected chi connectivity index (χ2v) is 11.6. The molecule has 0 spiro atoms. The van der Waals surface area contributed by atoms with E-state index >= 15 is 0 Å². The maximum Gasteiger partial charge on any atom is 0.348 e. The van der Waals surface area contributed by atoms with Crippen LogP contribution >= 0.6 is 0 Å². The summed E-state index contributed by atoms with van der Waals surface area (Å²) in [6, 6.07) is 10.1. The van der Waals surface area contributed by atoms with Gasteiger partial charge in [-0.25, -0.2) is 14.0 Å². The van der Waals surface area contributed by atoms with E-state index in [0.717, 1.165) is 16.7 Å². The van der Waals surface area contributed by atoms with Crippen molar-refractivity contribution < 1.29 is 4.74 Å². The van der Waals surface area contributed by atoms with Crippen molar-refractivity contribution in [1.82, 2.24) is 14.3 Å². The lowest BCUT2D eigenvalue weighted by molar-refractivity contribution is 0.357. The van der Waals surface area contributed by atoms with E-state index in [9.17, 15) is 4.79 Å². The summed E-state index contributed by atoms with van der Waals surface area (Å²) in [6.07, 6.45) is 0. The van der Waals surface area contributed by atoms with Crippen molar-refractivity contribution in [2.24, 2.45) is 7.05 Å². The number of hydrogen-bond acceptors (Lipinski definition) is 3. The fourth-order valence-corrected chi connectivity index (χ4v) is 5.52. The van der Waals surface area contributed by atoms with E-state index < -0.39 is 8.07 Å². The molecular formula is C20H29N3O2Si. The summed E-state index contributed by atoms with van der Waals surface area (Å²) in [7, 11) is 1.68. The van der Waals surface area contributed by atoms with Crippen LogP contribution in [0.15, 0.2) is 23.0 Å². The van der Waals surface area contributed by atoms with Gasteiger partial charge in [0.2, 0.25) is 0 Å². The van der Waals surface area contributed by atoms with E-state index in [1.807, 2.05) is 6.92 Å². The first-order chi connectivity index (χ1) is 12.4. The molecule has 0 radical (unpaired) electrons. The monoisotopic (exact) mass is 371 g/mol. The van der Waals surface area contributed by atoms with E-state index in [2.05, 4.69) is 55.5 Å². The highest BCUT2D eigenvalue weighted by molar-refractivity contribution is 6.87. The van der Waals surface area contributed by atoms with E-state index in [1.165, 1.54) is 29.9 Å². The molecule has 6 heteroatoms. The molecule has 140 valence electrons. The van der Waals surface area contributed by atoms with Crippen LogP contribution in [0.1, 0.15) is 37.5 Å². The van der Waals surface area contributed by atoms with Crippen LogP contribution < -0.4 is 10.4 Å². The highest BCUT2D eigenvalue weighted by Gasteiger charge is 2.24. The van der Waals surface area contributed by atoms with Crippen molar-refractivity contribution in [3.8, 4) is 17.5 Å². The molecule has 0 aliphatic heterocycles. The first kappa shape index (κ1) is 20.1. The molecule has 0 atom stereocenters. The van der Waals surface area contributed by atoms with Crippen molar-refractivity contribution in [2.45, 2.75) is 52.4 Å². The van der Waals surface area contributed by atoms with Gasteiger partial charge < -0.3 is 4.74 Å². The minimum atomic E-state index is -1.48. The summed E-state index contributed by atoms with van der Waals surface area (Å²) in [4.78, 5) is 12.3. The Morgan fingerprint density at radius 1 is 1.19 bits per heavy atom. The molecule has 0 aliphatic carbocycles. The fraction of sp³-hybridized carbons (Fsp3) is 0.500. The Hall–Kier alpha value is -2.26. The molecule has 1 heterocycles. The van der Waals surface area contributed by atoms with Crippen LogP contribution in [0.5, 0.6) is 6.01 Å². The normalized spacial score (nSPS) is 11.2. The highest BCUT2D eigenvalue weighted by atomic mass is 28.3. The second kappa shape index (κ2) is 8.41. The Morgan fingerprint density at radius 2 is 1.85 bits per heavy atom. The topological polar surface area (TPSA) is 49.0 Å². The van der Waals surface area contributed by atoms with Gasteiger partial charge in [0.1, 0.15) is 8.07 Å². The molecule has 0 N–H and O–H groups in total. The molecule has 0 bridgehead atoms. The Balaban J connectivity index is 2.39. The summed E-state index contributed by atoms with van der Waals surface area (Å²) < 4.78 is 8.07. The summed E-state index contributed by atoms with van der Waals surface area (Å²) >= 11 is 0. The zero-order valence-corrected chi connectivity index (χ0v) is 17.7. The van der Waals surface area contributed by atoms with Crippen LogP contribution in [-0.4, -0.2) is 29.5 Å². The molecule has 0 fully saturated rings. The van der Waals surface area contributed by atoms with Gasteiger partial charge in [0.15, 0.2) is 0 Å². The molecule has 5 nitrogen and oxygen atoms in total. The number of rotatable bonds is 6. The first-order valence-corrected chi connectivity index (χ1v) is 11.8. The van der Waals surface area contributed by atoms with Crippen LogP contribution in [0, 0.1) is 18.4 Å². The van der Waals surface area contributed by atoms with Gasteiger partial charge in [-0.2, -0.15) is 0 Å². The second-order valence-electron chi connectivity index (χ2n) is 6.71. The van der Waals surface area contributed by atoms with Gasteiger partial charge in [-0.15, -0.1) is 10.6 Å². The highest BCUT2D eigenvalue weighted by Crippen LogP contribution is 2.20. The third-order valence-corrected chi connectivity index (χ3v) is 10.1. The van der Waals surface area contributed by atoms with Crippen LogP contribution in [-0.2, 0) is 13.6 Å². The van der Waals surface area contributed by atoms with Gasteiger partial charge in [0, 0.05) is 12.6 Å². The molecule has 1 aromatic carbocycles. The summed E-state index contributed by atoms with van der Waals surface area (Å²) in [6.45, 7) is 9.25. The van der Waals surface area contributed by atoms with Crippen LogP contribution in [0.25, 0.3) is 0 Å². The number of aromatic nitrogens is 3. The summed E-state index contributed by atoms with van der Waals surface area (Å²) in [5.41, 5.74) is 6.63. The molecule has 0 saturated heterocycles. The lowest BCUT2D eigenvalue weighted by atomic mass is 10.1. The smallest absolute Gasteiger partial charge is 0.348 e. The third kappa shape index (κ3) is 4.10. The molecule has 0 amide bonds. The molecule has 0 aliphatic rings. The van der Waals surface area contributed by atoms with Crippen molar-refractivity contribution in [3.63, 3.8) is 0 Å². The lowest BCUT2D eigenvalue weighted by Gasteiger charge is -2.20. The van der Waals surface area contributed by atoms with E-state index in [4.69, 9.17) is 4.74 Å². The summed E-state index contributed by atoms with van der Waals surface area (Å²) in [5, 5.41) is 4.10. The van der Waals surface area contributed by atoms with Gasteiger partial charge in [-0.3, -0.25) is 0 Å². The Labute approximate surface area is 157 Å². The largest absolute Gasteiger partial charge is 0.467 e. The van der Waals surface area contributed by atoms with Gasteiger partial charge in [-0.05, 0) is 48.3 Å². The average Bonchev–Trinajstić information content (AvgIpc) is 2.93. The minimum Gasteiger partial charge on any atom is -0.467 e. The van der Waals surface area contributed by atoms with Crippen molar-refractivity contribution >= 4 is 8.07 Å². The zero-order valence-electron chi connectivity index (χ0n) is 16.7. The molecule has 2 aromatic rings. The molecule has 0 saturated carbocycles. The maximum atomic E-state index is 12.3. The quantitative estimate of drug-likeness (QED) is 0.578.